The zero-order valence-corrected chi connectivity index (χ0v) is 14.2. The lowest BCUT2D eigenvalue weighted by atomic mass is 10.3. The summed E-state index contributed by atoms with van der Waals surface area (Å²) in [7, 11) is 0. The van der Waals surface area contributed by atoms with E-state index in [-0.39, 0.29) is 0 Å². The van der Waals surface area contributed by atoms with Crippen molar-refractivity contribution in [2.45, 2.75) is 0 Å². The number of hydrogen-bond donors (Lipinski definition) is 2. The van der Waals surface area contributed by atoms with Crippen LogP contribution in [-0.4, -0.2) is 9.97 Å². The van der Waals surface area contributed by atoms with Crippen LogP contribution in [0.25, 0.3) is 20.4 Å². The maximum atomic E-state index is 5.86. The summed E-state index contributed by atoms with van der Waals surface area (Å²) >= 11 is 14.5. The smallest absolute Gasteiger partial charge is 0.181 e. The number of para-hydroxylation sites is 1. The molecule has 0 saturated heterocycles. The third-order valence-electron chi connectivity index (χ3n) is 2.75. The molecule has 0 aliphatic heterocycles. The molecule has 0 radical (unpaired) electrons. The molecule has 0 saturated carbocycles. The highest BCUT2D eigenvalue weighted by atomic mass is 35.5. The lowest BCUT2D eigenvalue weighted by Gasteiger charge is -1.87. The first-order valence-corrected chi connectivity index (χ1v) is 8.54. The first-order valence-electron chi connectivity index (χ1n) is 6.15. The van der Waals surface area contributed by atoms with Crippen molar-refractivity contribution in [3.8, 4) is 0 Å². The van der Waals surface area contributed by atoms with Crippen molar-refractivity contribution < 1.29 is 0 Å². The molecule has 0 bridgehead atoms. The Kier molecular flexibility index (Phi) is 4.35. The predicted octanol–water partition coefficient (Wildman–Crippen LogP) is 5.06. The van der Waals surface area contributed by atoms with E-state index < -0.39 is 0 Å². The summed E-state index contributed by atoms with van der Waals surface area (Å²) in [5.41, 5.74) is 12.7. The van der Waals surface area contributed by atoms with E-state index >= 15 is 0 Å². The Balaban J connectivity index is 0.000000131. The number of thiazole rings is 2. The number of anilines is 2. The third kappa shape index (κ3) is 3.25. The largest absolute Gasteiger partial charge is 0.375 e. The van der Waals surface area contributed by atoms with E-state index in [0.717, 1.165) is 25.5 Å². The van der Waals surface area contributed by atoms with Gasteiger partial charge in [-0.2, -0.15) is 0 Å². The standard InChI is InChI=1S/2C7H5ClN2S/c8-4-1-2-5-6(3-4)11-7(9)10-5;8-4-2-1-3-5-6(4)10-7(9)11-5/h2*1-3H,(H2,9,10). The van der Waals surface area contributed by atoms with Gasteiger partial charge in [0.1, 0.15) is 5.52 Å². The van der Waals surface area contributed by atoms with Crippen molar-refractivity contribution in [2.75, 3.05) is 11.5 Å². The average Bonchev–Trinajstić information content (AvgIpc) is 3.01. The van der Waals surface area contributed by atoms with E-state index in [1.807, 2.05) is 36.4 Å². The van der Waals surface area contributed by atoms with E-state index in [9.17, 15) is 0 Å². The average molecular weight is 369 g/mol. The molecule has 0 amide bonds. The van der Waals surface area contributed by atoms with Gasteiger partial charge in [0.25, 0.3) is 0 Å². The van der Waals surface area contributed by atoms with Gasteiger partial charge in [0, 0.05) is 5.02 Å². The molecule has 0 atom stereocenters. The second-order valence-corrected chi connectivity index (χ2v) is 7.27. The zero-order chi connectivity index (χ0) is 15.7. The molecule has 4 aromatic rings. The number of nitrogens with two attached hydrogens (primary N) is 2. The molecule has 0 aliphatic rings. The molecule has 0 aliphatic carbocycles. The lowest BCUT2D eigenvalue weighted by molar-refractivity contribution is 1.50. The number of hydrogen-bond acceptors (Lipinski definition) is 6. The van der Waals surface area contributed by atoms with Gasteiger partial charge in [-0.3, -0.25) is 0 Å². The molecule has 4 N–H and O–H groups in total. The number of fused-ring (bicyclic) bond motifs is 2. The highest BCUT2D eigenvalue weighted by molar-refractivity contribution is 7.22. The van der Waals surface area contributed by atoms with Crippen LogP contribution >= 0.6 is 45.9 Å². The van der Waals surface area contributed by atoms with Gasteiger partial charge in [0.2, 0.25) is 0 Å². The van der Waals surface area contributed by atoms with Crippen LogP contribution in [0.5, 0.6) is 0 Å². The predicted molar refractivity (Wildman–Crippen MR) is 98.1 cm³/mol. The van der Waals surface area contributed by atoms with Gasteiger partial charge in [-0.15, -0.1) is 0 Å². The first kappa shape index (κ1) is 15.3. The van der Waals surface area contributed by atoms with Crippen molar-refractivity contribution in [3.63, 3.8) is 0 Å². The molecule has 2 aromatic carbocycles. The number of rotatable bonds is 0. The van der Waals surface area contributed by atoms with Gasteiger partial charge in [-0.1, -0.05) is 51.9 Å². The highest BCUT2D eigenvalue weighted by Crippen LogP contribution is 2.28. The van der Waals surface area contributed by atoms with E-state index in [1.165, 1.54) is 22.7 Å². The lowest BCUT2D eigenvalue weighted by Crippen LogP contribution is -1.79. The van der Waals surface area contributed by atoms with E-state index in [1.54, 1.807) is 0 Å². The van der Waals surface area contributed by atoms with Crippen molar-refractivity contribution in [2.24, 2.45) is 0 Å². The summed E-state index contributed by atoms with van der Waals surface area (Å²) in [5, 5.41) is 2.53. The van der Waals surface area contributed by atoms with E-state index in [2.05, 4.69) is 9.97 Å². The first-order chi connectivity index (χ1) is 10.5. The fraction of sp³-hybridized carbons (Fsp3) is 0. The van der Waals surface area contributed by atoms with E-state index in [4.69, 9.17) is 34.7 Å². The van der Waals surface area contributed by atoms with Gasteiger partial charge >= 0.3 is 0 Å². The minimum atomic E-state index is 0.563. The summed E-state index contributed by atoms with van der Waals surface area (Å²) < 4.78 is 2.07. The minimum Gasteiger partial charge on any atom is -0.375 e. The topological polar surface area (TPSA) is 77.8 Å². The Bertz CT molecular complexity index is 948. The summed E-state index contributed by atoms with van der Waals surface area (Å²) in [6, 6.07) is 11.2. The summed E-state index contributed by atoms with van der Waals surface area (Å²) in [5.74, 6) is 0. The van der Waals surface area contributed by atoms with Crippen molar-refractivity contribution in [1.82, 2.24) is 9.97 Å². The molecule has 112 valence electrons. The Morgan fingerprint density at radius 2 is 1.59 bits per heavy atom. The third-order valence-corrected chi connectivity index (χ3v) is 4.99. The van der Waals surface area contributed by atoms with Crippen LogP contribution in [0, 0.1) is 0 Å². The fourth-order valence-electron chi connectivity index (χ4n) is 1.85. The Morgan fingerprint density at radius 1 is 0.864 bits per heavy atom. The van der Waals surface area contributed by atoms with Gasteiger partial charge < -0.3 is 11.5 Å². The number of halogens is 2. The fourth-order valence-corrected chi connectivity index (χ4v) is 3.89. The normalized spacial score (nSPS) is 10.6. The van der Waals surface area contributed by atoms with Gasteiger partial charge in [-0.25, -0.2) is 9.97 Å². The second kappa shape index (κ2) is 6.26. The van der Waals surface area contributed by atoms with Crippen molar-refractivity contribution >= 4 is 76.6 Å². The molecular weight excluding hydrogens is 359 g/mol. The molecule has 4 rings (SSSR count). The van der Waals surface area contributed by atoms with Crippen molar-refractivity contribution in [1.29, 1.82) is 0 Å². The minimum absolute atomic E-state index is 0.563. The zero-order valence-electron chi connectivity index (χ0n) is 11.1. The molecule has 0 spiro atoms. The van der Waals surface area contributed by atoms with E-state index in [0.29, 0.717) is 15.3 Å². The molecule has 0 unspecified atom stereocenters. The van der Waals surface area contributed by atoms with Crippen LogP contribution in [0.2, 0.25) is 10.0 Å². The summed E-state index contributed by atoms with van der Waals surface area (Å²) in [6.07, 6.45) is 0. The van der Waals surface area contributed by atoms with Crippen LogP contribution in [0.4, 0.5) is 10.3 Å². The molecule has 0 fully saturated rings. The maximum Gasteiger partial charge on any atom is 0.181 e. The molecule has 2 heterocycles. The molecule has 2 aromatic heterocycles. The molecule has 8 heteroatoms. The number of benzene rings is 2. The van der Waals surface area contributed by atoms with Crippen molar-refractivity contribution in [3.05, 3.63) is 46.4 Å². The molecular formula is C14H10Cl2N4S2. The SMILES string of the molecule is Nc1nc2c(Cl)cccc2s1.Nc1nc2ccc(Cl)cc2s1. The number of nitrogen functional groups attached to an aromatic ring is 2. The molecule has 4 nitrogen and oxygen atoms in total. The van der Waals surface area contributed by atoms with Crippen LogP contribution in [0.15, 0.2) is 36.4 Å². The number of nitrogens with zero attached hydrogens (tertiary/aromatic N) is 2. The number of aromatic nitrogens is 2. The van der Waals surface area contributed by atoms with Gasteiger partial charge in [0.15, 0.2) is 10.3 Å². The van der Waals surface area contributed by atoms with Crippen LogP contribution in [0.3, 0.4) is 0 Å². The second-order valence-electron chi connectivity index (χ2n) is 4.30. The summed E-state index contributed by atoms with van der Waals surface area (Å²) in [6.45, 7) is 0. The Labute approximate surface area is 144 Å². The Morgan fingerprint density at radius 3 is 2.36 bits per heavy atom. The van der Waals surface area contributed by atoms with Crippen LogP contribution < -0.4 is 11.5 Å². The highest BCUT2D eigenvalue weighted by Gasteiger charge is 2.02. The van der Waals surface area contributed by atoms with Gasteiger partial charge in [-0.05, 0) is 30.3 Å². The Hall–Kier alpha value is -1.60. The van der Waals surface area contributed by atoms with Crippen LogP contribution in [0.1, 0.15) is 0 Å². The molecule has 22 heavy (non-hydrogen) atoms. The van der Waals surface area contributed by atoms with Gasteiger partial charge in [0.05, 0.1) is 19.9 Å². The monoisotopic (exact) mass is 368 g/mol. The summed E-state index contributed by atoms with van der Waals surface area (Å²) in [4.78, 5) is 8.17. The maximum absolute atomic E-state index is 5.86. The quantitative estimate of drug-likeness (QED) is 0.454. The van der Waals surface area contributed by atoms with Crippen LogP contribution in [-0.2, 0) is 0 Å².